The molecule has 0 spiro atoms. The molecule has 0 heterocycles. The van der Waals surface area contributed by atoms with E-state index in [4.69, 9.17) is 9.57 Å². The van der Waals surface area contributed by atoms with Gasteiger partial charge < -0.3 is 4.74 Å². The van der Waals surface area contributed by atoms with E-state index in [9.17, 15) is 9.59 Å². The molecular formula is C27H23NO4. The Labute approximate surface area is 186 Å². The number of amides is 1. The van der Waals surface area contributed by atoms with Crippen LogP contribution in [0, 0.1) is 0 Å². The number of carbonyl (C=O) groups is 2. The van der Waals surface area contributed by atoms with Crippen molar-refractivity contribution in [1.29, 1.82) is 0 Å². The molecule has 1 aliphatic carbocycles. The molecule has 5 nitrogen and oxygen atoms in total. The Balaban J connectivity index is 1.33. The summed E-state index contributed by atoms with van der Waals surface area (Å²) < 4.78 is 5.25. The lowest BCUT2D eigenvalue weighted by molar-refractivity contribution is -0.129. The van der Waals surface area contributed by atoms with Crippen molar-refractivity contribution in [3.05, 3.63) is 112 Å². The maximum Gasteiger partial charge on any atom is 0.267 e. The van der Waals surface area contributed by atoms with Gasteiger partial charge in [0.05, 0.1) is 13.7 Å². The zero-order valence-electron chi connectivity index (χ0n) is 17.7. The predicted octanol–water partition coefficient (Wildman–Crippen LogP) is 4.78. The molecule has 32 heavy (non-hydrogen) atoms. The molecule has 160 valence electrons. The number of nitrogens with one attached hydrogen (secondary N) is 1. The highest BCUT2D eigenvalue weighted by Crippen LogP contribution is 2.30. The molecule has 0 aliphatic heterocycles. The average molecular weight is 425 g/mol. The fourth-order valence-electron chi connectivity index (χ4n) is 3.52. The van der Waals surface area contributed by atoms with Gasteiger partial charge in [-0.3, -0.25) is 14.4 Å². The zero-order chi connectivity index (χ0) is 22.3. The van der Waals surface area contributed by atoms with Crippen LogP contribution in [0.2, 0.25) is 0 Å². The molecule has 0 fully saturated rings. The Hall–Kier alpha value is -3.96. The number of Topliss-reactive ketones (excluding diaryl/α,β-unsaturated/α-hetero) is 1. The van der Waals surface area contributed by atoms with E-state index in [1.807, 2.05) is 78.9 Å². The number of ether oxygens (including phenoxy) is 1. The van der Waals surface area contributed by atoms with Gasteiger partial charge in [-0.25, -0.2) is 5.48 Å². The molecule has 0 atom stereocenters. The standard InChI is InChI=1S/C27H23NO4/c1-31-24-12-13-25-22(17-24)16-23(27(25)30)15-20-9-7-19(8-10-20)11-14-26(29)28-32-18-21-5-3-2-4-6-21/h2-15,17H,16,18H2,1H3,(H,28,29)/b14-11+,23-15-. The van der Waals surface area contributed by atoms with Gasteiger partial charge in [-0.05, 0) is 52.6 Å². The van der Waals surface area contributed by atoms with Crippen LogP contribution in [0.1, 0.15) is 32.6 Å². The van der Waals surface area contributed by atoms with Crippen LogP contribution < -0.4 is 10.2 Å². The summed E-state index contributed by atoms with van der Waals surface area (Å²) in [4.78, 5) is 29.8. The fourth-order valence-corrected chi connectivity index (χ4v) is 3.52. The van der Waals surface area contributed by atoms with E-state index in [0.29, 0.717) is 13.0 Å². The Morgan fingerprint density at radius 3 is 2.50 bits per heavy atom. The molecule has 0 unspecified atom stereocenters. The van der Waals surface area contributed by atoms with Gasteiger partial charge in [0.2, 0.25) is 0 Å². The summed E-state index contributed by atoms with van der Waals surface area (Å²) in [5.74, 6) is 0.471. The van der Waals surface area contributed by atoms with Crippen LogP contribution in [-0.2, 0) is 22.7 Å². The van der Waals surface area contributed by atoms with E-state index in [2.05, 4.69) is 5.48 Å². The number of benzene rings is 3. The number of methoxy groups -OCH3 is 1. The number of fused-ring (bicyclic) bond motifs is 1. The molecule has 1 N–H and O–H groups in total. The second-order valence-corrected chi connectivity index (χ2v) is 7.44. The van der Waals surface area contributed by atoms with Gasteiger partial charge in [0.1, 0.15) is 5.75 Å². The highest BCUT2D eigenvalue weighted by Gasteiger charge is 2.24. The summed E-state index contributed by atoms with van der Waals surface area (Å²) in [5.41, 5.74) is 7.66. The van der Waals surface area contributed by atoms with Crippen LogP contribution in [0.25, 0.3) is 12.2 Å². The van der Waals surface area contributed by atoms with E-state index in [-0.39, 0.29) is 11.7 Å². The van der Waals surface area contributed by atoms with Gasteiger partial charge in [0.15, 0.2) is 5.78 Å². The summed E-state index contributed by atoms with van der Waals surface area (Å²) in [7, 11) is 1.62. The third-order valence-electron chi connectivity index (χ3n) is 5.19. The first-order valence-electron chi connectivity index (χ1n) is 10.3. The first kappa shape index (κ1) is 21.3. The van der Waals surface area contributed by atoms with Crippen LogP contribution in [0.15, 0.2) is 84.4 Å². The molecule has 0 aromatic heterocycles. The molecule has 3 aromatic carbocycles. The van der Waals surface area contributed by atoms with Crippen molar-refractivity contribution in [1.82, 2.24) is 5.48 Å². The van der Waals surface area contributed by atoms with Crippen molar-refractivity contribution >= 4 is 23.8 Å². The molecular weight excluding hydrogens is 402 g/mol. The van der Waals surface area contributed by atoms with Crippen LogP contribution in [0.4, 0.5) is 0 Å². The summed E-state index contributed by atoms with van der Waals surface area (Å²) in [6, 6.07) is 22.8. The second kappa shape index (κ2) is 9.90. The summed E-state index contributed by atoms with van der Waals surface area (Å²) in [5, 5.41) is 0. The maximum absolute atomic E-state index is 12.6. The van der Waals surface area contributed by atoms with Gasteiger partial charge in [0.25, 0.3) is 5.91 Å². The van der Waals surface area contributed by atoms with Crippen LogP contribution in [0.3, 0.4) is 0 Å². The Morgan fingerprint density at radius 1 is 1.00 bits per heavy atom. The molecule has 0 bridgehead atoms. The van der Waals surface area contributed by atoms with E-state index in [1.165, 1.54) is 6.08 Å². The molecule has 3 aromatic rings. The maximum atomic E-state index is 12.6. The first-order chi connectivity index (χ1) is 15.6. The van der Waals surface area contributed by atoms with Crippen LogP contribution in [0.5, 0.6) is 5.75 Å². The Kier molecular flexibility index (Phi) is 6.58. The lowest BCUT2D eigenvalue weighted by Crippen LogP contribution is -2.21. The van der Waals surface area contributed by atoms with Gasteiger partial charge in [-0.2, -0.15) is 0 Å². The number of rotatable bonds is 7. The highest BCUT2D eigenvalue weighted by molar-refractivity contribution is 6.15. The Bertz CT molecular complexity index is 1180. The number of hydrogen-bond acceptors (Lipinski definition) is 4. The van der Waals surface area contributed by atoms with Gasteiger partial charge >= 0.3 is 0 Å². The molecule has 0 radical (unpaired) electrons. The molecule has 5 heteroatoms. The normalized spacial score (nSPS) is 14.0. The molecule has 4 rings (SSSR count). The SMILES string of the molecule is COc1ccc2c(c1)C/C(=C/c1ccc(/C=C/C(=O)NOCc3ccccc3)cc1)C2=O. The minimum atomic E-state index is -0.336. The van der Waals surface area contributed by atoms with E-state index < -0.39 is 0 Å². The molecule has 0 saturated carbocycles. The van der Waals surface area contributed by atoms with E-state index >= 15 is 0 Å². The van der Waals surface area contributed by atoms with Crippen molar-refractivity contribution in [2.24, 2.45) is 0 Å². The zero-order valence-corrected chi connectivity index (χ0v) is 17.7. The lowest BCUT2D eigenvalue weighted by atomic mass is 10.1. The summed E-state index contributed by atoms with van der Waals surface area (Å²) in [6.45, 7) is 0.305. The van der Waals surface area contributed by atoms with Crippen molar-refractivity contribution in [3.63, 3.8) is 0 Å². The van der Waals surface area contributed by atoms with Gasteiger partial charge in [0, 0.05) is 23.6 Å². The lowest BCUT2D eigenvalue weighted by Gasteiger charge is -2.03. The first-order valence-corrected chi connectivity index (χ1v) is 10.3. The smallest absolute Gasteiger partial charge is 0.267 e. The minimum Gasteiger partial charge on any atom is -0.497 e. The quantitative estimate of drug-likeness (QED) is 0.437. The van der Waals surface area contributed by atoms with Crippen molar-refractivity contribution in [3.8, 4) is 5.75 Å². The summed E-state index contributed by atoms with van der Waals surface area (Å²) >= 11 is 0. The monoisotopic (exact) mass is 425 g/mol. The fraction of sp³-hybridized carbons (Fsp3) is 0.111. The second-order valence-electron chi connectivity index (χ2n) is 7.44. The van der Waals surface area contributed by atoms with Gasteiger partial charge in [-0.1, -0.05) is 54.6 Å². The number of ketones is 1. The minimum absolute atomic E-state index is 0.0544. The molecule has 0 saturated heterocycles. The molecule has 1 aliphatic rings. The number of carbonyl (C=O) groups excluding carboxylic acids is 2. The van der Waals surface area contributed by atoms with Crippen molar-refractivity contribution in [2.45, 2.75) is 13.0 Å². The van der Waals surface area contributed by atoms with Crippen molar-refractivity contribution in [2.75, 3.05) is 7.11 Å². The number of hydrogen-bond donors (Lipinski definition) is 1. The molecule has 1 amide bonds. The Morgan fingerprint density at radius 2 is 1.75 bits per heavy atom. The van der Waals surface area contributed by atoms with E-state index in [0.717, 1.165) is 39.1 Å². The highest BCUT2D eigenvalue weighted by atomic mass is 16.6. The van der Waals surface area contributed by atoms with E-state index in [1.54, 1.807) is 13.2 Å². The number of hydroxylamine groups is 1. The van der Waals surface area contributed by atoms with Crippen LogP contribution >= 0.6 is 0 Å². The van der Waals surface area contributed by atoms with Crippen LogP contribution in [-0.4, -0.2) is 18.8 Å². The number of allylic oxidation sites excluding steroid dienone is 1. The summed E-state index contributed by atoms with van der Waals surface area (Å²) in [6.07, 6.45) is 5.63. The van der Waals surface area contributed by atoms with Gasteiger partial charge in [-0.15, -0.1) is 0 Å². The third kappa shape index (κ3) is 5.20. The average Bonchev–Trinajstić information content (AvgIpc) is 3.13. The predicted molar refractivity (Wildman–Crippen MR) is 124 cm³/mol. The third-order valence-corrected chi connectivity index (χ3v) is 5.19. The van der Waals surface area contributed by atoms with Crippen molar-refractivity contribution < 1.29 is 19.2 Å². The topological polar surface area (TPSA) is 64.6 Å². The largest absolute Gasteiger partial charge is 0.497 e.